The molecule has 10 rings (SSSR count). The predicted octanol–water partition coefficient (Wildman–Crippen LogP) is 12.5. The summed E-state index contributed by atoms with van der Waals surface area (Å²) in [6.07, 6.45) is 11.0. The fourth-order valence-corrected chi connectivity index (χ4v) is 8.21. The van der Waals surface area contributed by atoms with E-state index in [-0.39, 0.29) is 0 Å². The van der Waals surface area contributed by atoms with Crippen LogP contribution in [0.3, 0.4) is 0 Å². The summed E-state index contributed by atoms with van der Waals surface area (Å²) >= 11 is 1.75. The van der Waals surface area contributed by atoms with Crippen molar-refractivity contribution in [3.8, 4) is 11.1 Å². The molecule has 8 aromatic carbocycles. The van der Waals surface area contributed by atoms with Crippen LogP contribution in [0.4, 0.5) is 0 Å². The summed E-state index contributed by atoms with van der Waals surface area (Å²) in [6.45, 7) is 0. The Kier molecular flexibility index (Phi) is 16.8. The van der Waals surface area contributed by atoms with Crippen LogP contribution in [0.5, 0.6) is 0 Å². The third-order valence-electron chi connectivity index (χ3n) is 11.1. The predicted molar refractivity (Wildman–Crippen MR) is 256 cm³/mol. The van der Waals surface area contributed by atoms with Gasteiger partial charge in [-0.3, -0.25) is 15.7 Å². The molecule has 2 aliphatic carbocycles. The summed E-state index contributed by atoms with van der Waals surface area (Å²) in [6, 6.07) is 74.4. The Bertz CT molecular complexity index is 2350. The zero-order valence-electron chi connectivity index (χ0n) is 35.4. The van der Waals surface area contributed by atoms with Gasteiger partial charge in [-0.25, -0.2) is 12.2 Å². The van der Waals surface area contributed by atoms with E-state index >= 15 is 0 Å². The van der Waals surface area contributed by atoms with Crippen molar-refractivity contribution in [2.75, 3.05) is 0 Å². The zero-order valence-corrected chi connectivity index (χ0v) is 37.0. The number of aliphatic carboxylic acids is 2. The Morgan fingerprint density at radius 2 is 0.781 bits per heavy atom. The molecule has 0 amide bonds. The molecule has 8 aromatic rings. The molecule has 0 atom stereocenters. The van der Waals surface area contributed by atoms with Gasteiger partial charge >= 0.3 is 36.7 Å². The summed E-state index contributed by atoms with van der Waals surface area (Å²) in [4.78, 5) is 28.1. The second kappa shape index (κ2) is 23.3. The molecule has 0 spiro atoms. The van der Waals surface area contributed by atoms with Crippen LogP contribution in [-0.4, -0.2) is 27.0 Å². The molecular weight excluding hydrogens is 821 g/mol. The van der Waals surface area contributed by atoms with Gasteiger partial charge in [0.2, 0.25) is 0 Å². The maximum atomic E-state index is 12.4. The minimum atomic E-state index is -1.20. The number of allylic oxidation sites excluding steroid dienone is 4. The smallest absolute Gasteiger partial charge is 0.0253 e. The van der Waals surface area contributed by atoms with Crippen molar-refractivity contribution in [1.82, 2.24) is 0 Å². The number of hydrogen-bond acceptors (Lipinski definition) is 2. The van der Waals surface area contributed by atoms with Crippen molar-refractivity contribution in [2.24, 2.45) is 0 Å². The van der Waals surface area contributed by atoms with E-state index in [1.54, 1.807) is 20.0 Å². The van der Waals surface area contributed by atoms with Crippen LogP contribution in [0.25, 0.3) is 11.1 Å². The van der Waals surface area contributed by atoms with Gasteiger partial charge < -0.3 is 10.2 Å². The van der Waals surface area contributed by atoms with Gasteiger partial charge in [0.15, 0.2) is 0 Å². The Balaban J connectivity index is 0.000000152. The first kappa shape index (κ1) is 46.3. The zero-order chi connectivity index (χ0) is 45.0. The van der Waals surface area contributed by atoms with Crippen LogP contribution in [0.2, 0.25) is 0 Å². The number of rotatable bonds is 8. The third-order valence-corrected chi connectivity index (χ3v) is 11.1. The first-order valence-electron chi connectivity index (χ1n) is 20.9. The van der Waals surface area contributed by atoms with Crippen molar-refractivity contribution in [3.05, 3.63) is 299 Å². The van der Waals surface area contributed by atoms with Gasteiger partial charge in [-0.1, -0.05) is 217 Å². The van der Waals surface area contributed by atoms with Crippen LogP contribution < -0.4 is 0 Å². The molecule has 0 aliphatic heterocycles. The van der Waals surface area contributed by atoms with Crippen LogP contribution in [0, 0.1) is 12.1 Å². The fourth-order valence-electron chi connectivity index (χ4n) is 8.21. The maximum absolute atomic E-state index is 12.4. The summed E-state index contributed by atoms with van der Waals surface area (Å²) in [5.74, 6) is -1.76. The van der Waals surface area contributed by atoms with Crippen LogP contribution >= 0.6 is 0 Å². The number of carboxylic acid groups (broad SMARTS) is 2. The van der Waals surface area contributed by atoms with Crippen molar-refractivity contribution < 1.29 is 39.8 Å². The van der Waals surface area contributed by atoms with Gasteiger partial charge in [0.25, 0.3) is 0 Å². The molecule has 2 N–H and O–H groups in total. The molecule has 0 saturated carbocycles. The average molecular weight is 869 g/mol. The molecule has 0 fully saturated rings. The number of benzene rings is 8. The largest absolute Gasteiger partial charge is 0.179 e. The van der Waals surface area contributed by atoms with E-state index in [4.69, 9.17) is 0 Å². The first-order chi connectivity index (χ1) is 31.5. The summed E-state index contributed by atoms with van der Waals surface area (Å²) in [5, 5.41) is 20.4. The summed E-state index contributed by atoms with van der Waals surface area (Å²) in [5.41, 5.74) is 7.60. The van der Waals surface area contributed by atoms with E-state index in [2.05, 4.69) is 59.4 Å². The third kappa shape index (κ3) is 10.3. The average Bonchev–Trinajstić information content (AvgIpc) is 4.08. The first-order valence-corrected chi connectivity index (χ1v) is 22.0. The van der Waals surface area contributed by atoms with E-state index in [1.165, 1.54) is 22.3 Å². The van der Waals surface area contributed by atoms with E-state index in [0.717, 1.165) is 46.2 Å². The minimum Gasteiger partial charge on any atom is -0.179 e. The Labute approximate surface area is 388 Å². The van der Waals surface area contributed by atoms with E-state index in [0.29, 0.717) is 0 Å². The Morgan fingerprint density at radius 3 is 1.08 bits per heavy atom. The molecule has 64 heavy (non-hydrogen) atoms. The van der Waals surface area contributed by atoms with E-state index < -0.39 is 22.8 Å². The van der Waals surface area contributed by atoms with Crippen molar-refractivity contribution in [3.63, 3.8) is 0 Å². The second-order valence-corrected chi connectivity index (χ2v) is 14.7. The van der Waals surface area contributed by atoms with Crippen molar-refractivity contribution in [2.45, 2.75) is 23.7 Å². The Hall–Kier alpha value is -7.24. The van der Waals surface area contributed by atoms with Crippen LogP contribution in [0.1, 0.15) is 50.9 Å². The van der Waals surface area contributed by atoms with E-state index in [9.17, 15) is 19.8 Å². The molecule has 4 nitrogen and oxygen atoms in total. The van der Waals surface area contributed by atoms with Crippen LogP contribution in [0.15, 0.2) is 243 Å². The van der Waals surface area contributed by atoms with Gasteiger partial charge in [0.1, 0.15) is 10.8 Å². The molecule has 0 unspecified atom stereocenters. The quantitative estimate of drug-likeness (QED) is 0.0906. The number of carbonyl (C=O) groups is 2. The molecule has 5 heteroatoms. The standard InChI is InChI=1S/2C20H16O2.C13H9.C5H5.CH2.Ti/c2*21-19(22)20(16-10-4-1-5-11-16,17-12-6-2-7-13-17)18-14-8-3-9-15-18;1-3-7-12-10(5-1)9-11-6-2-4-8-13(11)12;1-2-4-5-3-1;;/h2*1-15H,(H,21,22);1-5,7-8H,9H2;1-3H,4H2;1H2;/q;;2*-1;;+2. The van der Waals surface area contributed by atoms with Gasteiger partial charge in [-0.15, -0.1) is 12.0 Å². The molecule has 0 saturated heterocycles. The molecule has 0 heterocycles. The van der Waals surface area contributed by atoms with Gasteiger partial charge in [0.05, 0.1) is 0 Å². The summed E-state index contributed by atoms with van der Waals surface area (Å²) in [7, 11) is 0. The summed E-state index contributed by atoms with van der Waals surface area (Å²) < 4.78 is 0. The number of carboxylic acids is 2. The number of fused-ring (bicyclic) bond motifs is 3. The SMILES string of the molecule is O=C(O)C(c1ccccc1)(c1ccccc1)c1ccccc1.O=C(O)C(c1ccccc1)(c1ccccc1)c1ccccc1.[C-]1=CC=CC1.[CH2]=[Ti+2].[c-]1cccc2c1Cc1ccccc1-2. The topological polar surface area (TPSA) is 74.6 Å². The molecule has 2 aliphatic rings. The van der Waals surface area contributed by atoms with Gasteiger partial charge in [0, 0.05) is 0 Å². The molecular formula is C59H48O4Ti. The van der Waals surface area contributed by atoms with Gasteiger partial charge in [-0.05, 0) is 39.8 Å². The number of hydrogen-bond donors (Lipinski definition) is 2. The van der Waals surface area contributed by atoms with E-state index in [1.807, 2.05) is 200 Å². The maximum Gasteiger partial charge on any atom is -0.0253 e. The second-order valence-electron chi connectivity index (χ2n) is 14.7. The fraction of sp³-hybridized carbons (Fsp3) is 0.0678. The molecule has 0 radical (unpaired) electrons. The molecule has 312 valence electrons. The van der Waals surface area contributed by atoms with Crippen LogP contribution in [-0.2, 0) is 46.8 Å². The van der Waals surface area contributed by atoms with Gasteiger partial charge in [-0.2, -0.15) is 35.9 Å². The molecule has 0 bridgehead atoms. The Morgan fingerprint density at radius 1 is 0.453 bits per heavy atom. The molecule has 0 aromatic heterocycles. The minimum absolute atomic E-state index is 0.750. The van der Waals surface area contributed by atoms with Crippen molar-refractivity contribution in [1.29, 1.82) is 0 Å². The van der Waals surface area contributed by atoms with Crippen molar-refractivity contribution >= 4 is 16.8 Å². The normalized spacial score (nSPS) is 11.6. The monoisotopic (exact) mass is 868 g/mol.